The topological polar surface area (TPSA) is 73.6 Å². The summed E-state index contributed by atoms with van der Waals surface area (Å²) in [7, 11) is 0. The Morgan fingerprint density at radius 3 is 2.07 bits per heavy atom. The van der Waals surface area contributed by atoms with E-state index in [0.29, 0.717) is 19.6 Å². The average Bonchev–Trinajstić information content (AvgIpc) is 2.62. The van der Waals surface area contributed by atoms with Crippen LogP contribution in [0, 0.1) is 0 Å². The van der Waals surface area contributed by atoms with Crippen LogP contribution in [0.4, 0.5) is 4.79 Å². The van der Waals surface area contributed by atoms with Gasteiger partial charge in [-0.15, -0.1) is 0 Å². The molecule has 27 heavy (non-hydrogen) atoms. The third-order valence-electron chi connectivity index (χ3n) is 3.99. The van der Waals surface area contributed by atoms with Gasteiger partial charge in [-0.05, 0) is 38.3 Å². The molecule has 2 aromatic carbocycles. The molecule has 0 saturated carbocycles. The monoisotopic (exact) mass is 370 g/mol. The van der Waals surface area contributed by atoms with Gasteiger partial charge in [0.15, 0.2) is 0 Å². The molecular formula is C22H30N2O3. The minimum Gasteiger partial charge on any atom is -0.444 e. The second-order valence-corrected chi connectivity index (χ2v) is 7.51. The maximum atomic E-state index is 12.3. The summed E-state index contributed by atoms with van der Waals surface area (Å²) < 4.78 is 11.5. The molecule has 2 aromatic rings. The van der Waals surface area contributed by atoms with Crippen molar-refractivity contribution in [3.63, 3.8) is 0 Å². The van der Waals surface area contributed by atoms with E-state index < -0.39 is 11.7 Å². The van der Waals surface area contributed by atoms with Crippen LogP contribution in [0.2, 0.25) is 0 Å². The SMILES string of the molecule is CC(C)(C)OC(=O)NC(Cc1ccccc1)C(CN)OCc1ccccc1. The van der Waals surface area contributed by atoms with Gasteiger partial charge in [-0.3, -0.25) is 0 Å². The van der Waals surface area contributed by atoms with Gasteiger partial charge >= 0.3 is 6.09 Å². The van der Waals surface area contributed by atoms with Crippen LogP contribution in [0.25, 0.3) is 0 Å². The summed E-state index contributed by atoms with van der Waals surface area (Å²) in [6.45, 7) is 6.24. The molecule has 2 rings (SSSR count). The number of carbonyl (C=O) groups excluding carboxylic acids is 1. The summed E-state index contributed by atoms with van der Waals surface area (Å²) in [6, 6.07) is 19.6. The molecule has 2 unspecified atom stereocenters. The molecule has 5 heteroatoms. The van der Waals surface area contributed by atoms with E-state index in [4.69, 9.17) is 15.2 Å². The molecule has 5 nitrogen and oxygen atoms in total. The molecular weight excluding hydrogens is 340 g/mol. The second kappa shape index (κ2) is 10.1. The summed E-state index contributed by atoms with van der Waals surface area (Å²) in [5.41, 5.74) is 7.57. The van der Waals surface area contributed by atoms with E-state index in [1.807, 2.05) is 81.4 Å². The Balaban J connectivity index is 2.08. The Kier molecular flexibility index (Phi) is 7.82. The summed E-state index contributed by atoms with van der Waals surface area (Å²) in [5.74, 6) is 0. The van der Waals surface area contributed by atoms with Gasteiger partial charge in [0.1, 0.15) is 5.60 Å². The van der Waals surface area contributed by atoms with Gasteiger partial charge in [0.2, 0.25) is 0 Å². The van der Waals surface area contributed by atoms with Gasteiger partial charge in [-0.2, -0.15) is 0 Å². The largest absolute Gasteiger partial charge is 0.444 e. The first kappa shape index (κ1) is 20.9. The van der Waals surface area contributed by atoms with Crippen LogP contribution in [0.1, 0.15) is 31.9 Å². The number of amides is 1. The van der Waals surface area contributed by atoms with Crippen molar-refractivity contribution in [3.05, 3.63) is 71.8 Å². The summed E-state index contributed by atoms with van der Waals surface area (Å²) in [5, 5.41) is 2.94. The lowest BCUT2D eigenvalue weighted by atomic mass is 10.0. The van der Waals surface area contributed by atoms with E-state index in [1.54, 1.807) is 0 Å². The molecule has 0 saturated heterocycles. The smallest absolute Gasteiger partial charge is 0.407 e. The molecule has 1 amide bonds. The number of rotatable bonds is 8. The summed E-state index contributed by atoms with van der Waals surface area (Å²) in [6.07, 6.45) is -0.195. The van der Waals surface area contributed by atoms with E-state index in [0.717, 1.165) is 11.1 Å². The lowest BCUT2D eigenvalue weighted by molar-refractivity contribution is 0.0102. The number of hydrogen-bond acceptors (Lipinski definition) is 4. The third kappa shape index (κ3) is 7.81. The lowest BCUT2D eigenvalue weighted by Crippen LogP contribution is -2.50. The van der Waals surface area contributed by atoms with Crippen molar-refractivity contribution in [2.45, 2.75) is 51.5 Å². The fourth-order valence-electron chi connectivity index (χ4n) is 2.73. The van der Waals surface area contributed by atoms with E-state index in [2.05, 4.69) is 5.32 Å². The van der Waals surface area contributed by atoms with E-state index in [-0.39, 0.29) is 12.1 Å². The fourth-order valence-corrected chi connectivity index (χ4v) is 2.73. The van der Waals surface area contributed by atoms with Crippen LogP contribution in [0.3, 0.4) is 0 Å². The van der Waals surface area contributed by atoms with Crippen LogP contribution >= 0.6 is 0 Å². The second-order valence-electron chi connectivity index (χ2n) is 7.51. The molecule has 0 heterocycles. The van der Waals surface area contributed by atoms with Gasteiger partial charge in [-0.25, -0.2) is 4.79 Å². The van der Waals surface area contributed by atoms with Crippen LogP contribution in [-0.2, 0) is 22.5 Å². The predicted octanol–water partition coefficient (Wildman–Crippen LogP) is 3.67. The third-order valence-corrected chi connectivity index (χ3v) is 3.99. The molecule has 0 aliphatic carbocycles. The first-order valence-electron chi connectivity index (χ1n) is 9.26. The predicted molar refractivity (Wildman–Crippen MR) is 107 cm³/mol. The van der Waals surface area contributed by atoms with Gasteiger partial charge < -0.3 is 20.5 Å². The van der Waals surface area contributed by atoms with Crippen molar-refractivity contribution in [2.24, 2.45) is 5.73 Å². The molecule has 0 bridgehead atoms. The molecule has 0 aliphatic heterocycles. The van der Waals surface area contributed by atoms with Crippen LogP contribution in [0.15, 0.2) is 60.7 Å². The minimum absolute atomic E-state index is 0.292. The zero-order valence-electron chi connectivity index (χ0n) is 16.4. The number of nitrogens with one attached hydrogen (secondary N) is 1. The Hall–Kier alpha value is -2.37. The zero-order valence-corrected chi connectivity index (χ0v) is 16.4. The van der Waals surface area contributed by atoms with Crippen LogP contribution in [-0.4, -0.2) is 30.4 Å². The zero-order chi connectivity index (χ0) is 19.7. The first-order valence-corrected chi connectivity index (χ1v) is 9.26. The Morgan fingerprint density at radius 2 is 1.56 bits per heavy atom. The van der Waals surface area contributed by atoms with Crippen molar-refractivity contribution in [1.82, 2.24) is 5.32 Å². The molecule has 146 valence electrons. The number of nitrogens with two attached hydrogens (primary N) is 1. The molecule has 2 atom stereocenters. The van der Waals surface area contributed by atoms with Crippen molar-refractivity contribution in [2.75, 3.05) is 6.54 Å². The Bertz CT molecular complexity index is 684. The lowest BCUT2D eigenvalue weighted by Gasteiger charge is -2.29. The molecule has 3 N–H and O–H groups in total. The van der Waals surface area contributed by atoms with E-state index >= 15 is 0 Å². The molecule has 0 aromatic heterocycles. The minimum atomic E-state index is -0.565. The van der Waals surface area contributed by atoms with Crippen molar-refractivity contribution in [1.29, 1.82) is 0 Å². The first-order chi connectivity index (χ1) is 12.9. The normalized spacial score (nSPS) is 13.6. The highest BCUT2D eigenvalue weighted by Crippen LogP contribution is 2.13. The summed E-state index contributed by atoms with van der Waals surface area (Å²) in [4.78, 5) is 12.3. The standard InChI is InChI=1S/C22H30N2O3/c1-22(2,3)27-21(25)24-19(14-17-10-6-4-7-11-17)20(15-23)26-16-18-12-8-5-9-13-18/h4-13,19-20H,14-16,23H2,1-3H3,(H,24,25). The van der Waals surface area contributed by atoms with Crippen LogP contribution < -0.4 is 11.1 Å². The van der Waals surface area contributed by atoms with Crippen molar-refractivity contribution in [3.8, 4) is 0 Å². The number of alkyl carbamates (subject to hydrolysis) is 1. The quantitative estimate of drug-likeness (QED) is 0.744. The highest BCUT2D eigenvalue weighted by atomic mass is 16.6. The fraction of sp³-hybridized carbons (Fsp3) is 0.409. The van der Waals surface area contributed by atoms with E-state index in [1.165, 1.54) is 0 Å². The Labute approximate surface area is 161 Å². The molecule has 0 radical (unpaired) electrons. The molecule has 0 spiro atoms. The van der Waals surface area contributed by atoms with E-state index in [9.17, 15) is 4.79 Å². The highest BCUT2D eigenvalue weighted by Gasteiger charge is 2.26. The van der Waals surface area contributed by atoms with Gasteiger partial charge in [0.05, 0.1) is 18.8 Å². The van der Waals surface area contributed by atoms with Gasteiger partial charge in [0.25, 0.3) is 0 Å². The van der Waals surface area contributed by atoms with Crippen molar-refractivity contribution >= 4 is 6.09 Å². The maximum absolute atomic E-state index is 12.3. The number of carbonyl (C=O) groups is 1. The number of hydrogen-bond donors (Lipinski definition) is 2. The highest BCUT2D eigenvalue weighted by molar-refractivity contribution is 5.68. The van der Waals surface area contributed by atoms with Gasteiger partial charge in [0, 0.05) is 6.54 Å². The molecule has 0 fully saturated rings. The number of benzene rings is 2. The summed E-state index contributed by atoms with van der Waals surface area (Å²) >= 11 is 0. The Morgan fingerprint density at radius 1 is 1.00 bits per heavy atom. The number of ether oxygens (including phenoxy) is 2. The maximum Gasteiger partial charge on any atom is 0.407 e. The van der Waals surface area contributed by atoms with Crippen LogP contribution in [0.5, 0.6) is 0 Å². The van der Waals surface area contributed by atoms with Crippen molar-refractivity contribution < 1.29 is 14.3 Å². The molecule has 0 aliphatic rings. The average molecular weight is 370 g/mol. The van der Waals surface area contributed by atoms with Gasteiger partial charge in [-0.1, -0.05) is 60.7 Å².